The lowest BCUT2D eigenvalue weighted by Crippen LogP contribution is -2.22. The zero-order chi connectivity index (χ0) is 13.9. The number of methoxy groups -OCH3 is 1. The van der Waals surface area contributed by atoms with Crippen LogP contribution < -0.4 is 9.64 Å². The van der Waals surface area contributed by atoms with Crippen molar-refractivity contribution < 1.29 is 9.84 Å². The Morgan fingerprint density at radius 3 is 2.28 bits per heavy atom. The molecule has 102 valence electrons. The fourth-order valence-electron chi connectivity index (χ4n) is 2.20. The smallest absolute Gasteiger partial charge is 0.145 e. The Hall–Kier alpha value is -0.740. The molecule has 4 heteroatoms. The van der Waals surface area contributed by atoms with E-state index >= 15 is 0 Å². The van der Waals surface area contributed by atoms with E-state index in [0.717, 1.165) is 34.4 Å². The SMILES string of the molecule is COc1c(C)c(C)c(Br)c(C)c1N(C)CCCO. The van der Waals surface area contributed by atoms with Crippen LogP contribution in [0.3, 0.4) is 0 Å². The fraction of sp³-hybridized carbons (Fsp3) is 0.571. The van der Waals surface area contributed by atoms with Gasteiger partial charge < -0.3 is 14.7 Å². The summed E-state index contributed by atoms with van der Waals surface area (Å²) < 4.78 is 6.70. The predicted octanol–water partition coefficient (Wildman–Crippen LogP) is 3.20. The summed E-state index contributed by atoms with van der Waals surface area (Å²) in [5.41, 5.74) is 4.64. The lowest BCUT2D eigenvalue weighted by atomic mass is 10.0. The molecule has 0 bridgehead atoms. The molecule has 0 saturated heterocycles. The molecule has 0 unspecified atom stereocenters. The van der Waals surface area contributed by atoms with Gasteiger partial charge in [-0.1, -0.05) is 15.9 Å². The van der Waals surface area contributed by atoms with Gasteiger partial charge >= 0.3 is 0 Å². The summed E-state index contributed by atoms with van der Waals surface area (Å²) in [5, 5.41) is 8.94. The Labute approximate surface area is 118 Å². The topological polar surface area (TPSA) is 32.7 Å². The van der Waals surface area contributed by atoms with E-state index in [1.54, 1.807) is 7.11 Å². The Morgan fingerprint density at radius 1 is 1.17 bits per heavy atom. The molecule has 0 radical (unpaired) electrons. The number of hydrogen-bond donors (Lipinski definition) is 1. The predicted molar refractivity (Wildman–Crippen MR) is 79.9 cm³/mol. The van der Waals surface area contributed by atoms with Crippen LogP contribution in [0.15, 0.2) is 4.47 Å². The molecule has 1 aromatic carbocycles. The minimum Gasteiger partial charge on any atom is -0.494 e. The third-order valence-electron chi connectivity index (χ3n) is 3.37. The van der Waals surface area contributed by atoms with Gasteiger partial charge in [-0.15, -0.1) is 0 Å². The van der Waals surface area contributed by atoms with Crippen LogP contribution in [-0.2, 0) is 0 Å². The van der Waals surface area contributed by atoms with Gasteiger partial charge in [0.25, 0.3) is 0 Å². The number of nitrogens with zero attached hydrogens (tertiary/aromatic N) is 1. The number of aliphatic hydroxyl groups excluding tert-OH is 1. The zero-order valence-electron chi connectivity index (χ0n) is 11.8. The van der Waals surface area contributed by atoms with Gasteiger partial charge in [0.15, 0.2) is 0 Å². The molecule has 3 nitrogen and oxygen atoms in total. The van der Waals surface area contributed by atoms with E-state index in [1.807, 2.05) is 7.05 Å². The molecular formula is C14H22BrNO2. The van der Waals surface area contributed by atoms with Gasteiger partial charge in [-0.2, -0.15) is 0 Å². The number of ether oxygens (including phenoxy) is 1. The quantitative estimate of drug-likeness (QED) is 0.905. The third kappa shape index (κ3) is 2.81. The first kappa shape index (κ1) is 15.3. The first-order valence-corrected chi connectivity index (χ1v) is 6.90. The van der Waals surface area contributed by atoms with Crippen molar-refractivity contribution in [3.05, 3.63) is 21.2 Å². The van der Waals surface area contributed by atoms with Crippen molar-refractivity contribution in [1.29, 1.82) is 0 Å². The number of benzene rings is 1. The van der Waals surface area contributed by atoms with Crippen molar-refractivity contribution in [3.8, 4) is 5.75 Å². The van der Waals surface area contributed by atoms with Gasteiger partial charge in [-0.05, 0) is 43.9 Å². The molecule has 0 aliphatic rings. The van der Waals surface area contributed by atoms with Crippen LogP contribution in [0.4, 0.5) is 5.69 Å². The van der Waals surface area contributed by atoms with Gasteiger partial charge in [-0.25, -0.2) is 0 Å². The van der Waals surface area contributed by atoms with E-state index in [2.05, 4.69) is 41.6 Å². The second kappa shape index (κ2) is 6.43. The van der Waals surface area contributed by atoms with Gasteiger partial charge in [0.1, 0.15) is 5.75 Å². The molecule has 1 N–H and O–H groups in total. The van der Waals surface area contributed by atoms with Crippen molar-refractivity contribution in [2.45, 2.75) is 27.2 Å². The second-order valence-electron chi connectivity index (χ2n) is 4.57. The monoisotopic (exact) mass is 315 g/mol. The van der Waals surface area contributed by atoms with Crippen LogP contribution >= 0.6 is 15.9 Å². The maximum atomic E-state index is 8.94. The summed E-state index contributed by atoms with van der Waals surface area (Å²) in [5.74, 6) is 0.925. The summed E-state index contributed by atoms with van der Waals surface area (Å²) in [6.07, 6.45) is 0.754. The number of halogens is 1. The number of rotatable bonds is 5. The second-order valence-corrected chi connectivity index (χ2v) is 5.36. The molecule has 0 fully saturated rings. The maximum Gasteiger partial charge on any atom is 0.145 e. The Bertz CT molecular complexity index is 433. The summed E-state index contributed by atoms with van der Waals surface area (Å²) in [4.78, 5) is 2.14. The largest absolute Gasteiger partial charge is 0.494 e. The number of anilines is 1. The van der Waals surface area contributed by atoms with Gasteiger partial charge in [0, 0.05) is 24.7 Å². The third-order valence-corrected chi connectivity index (χ3v) is 4.56. The van der Waals surface area contributed by atoms with Gasteiger partial charge in [0.2, 0.25) is 0 Å². The van der Waals surface area contributed by atoms with Crippen molar-refractivity contribution in [2.24, 2.45) is 0 Å². The maximum absolute atomic E-state index is 8.94. The molecule has 0 heterocycles. The first-order chi connectivity index (χ1) is 8.45. The first-order valence-electron chi connectivity index (χ1n) is 6.10. The van der Waals surface area contributed by atoms with Crippen LogP contribution in [0.25, 0.3) is 0 Å². The van der Waals surface area contributed by atoms with Gasteiger partial charge in [0.05, 0.1) is 12.8 Å². The summed E-state index contributed by atoms with van der Waals surface area (Å²) >= 11 is 3.65. The summed E-state index contributed by atoms with van der Waals surface area (Å²) in [7, 11) is 3.74. The molecular weight excluding hydrogens is 294 g/mol. The Balaban J connectivity index is 3.32. The van der Waals surface area contributed by atoms with Crippen LogP contribution in [0, 0.1) is 20.8 Å². The zero-order valence-corrected chi connectivity index (χ0v) is 13.4. The molecule has 0 aromatic heterocycles. The molecule has 1 aromatic rings. The van der Waals surface area contributed by atoms with Crippen LogP contribution in [0.2, 0.25) is 0 Å². The molecule has 0 atom stereocenters. The van der Waals surface area contributed by atoms with Crippen LogP contribution in [0.5, 0.6) is 5.75 Å². The number of aliphatic hydroxyl groups is 1. The van der Waals surface area contributed by atoms with Crippen molar-refractivity contribution in [2.75, 3.05) is 32.2 Å². The van der Waals surface area contributed by atoms with Crippen LogP contribution in [0.1, 0.15) is 23.1 Å². The highest BCUT2D eigenvalue weighted by Gasteiger charge is 2.19. The van der Waals surface area contributed by atoms with Crippen molar-refractivity contribution in [1.82, 2.24) is 0 Å². The molecule has 1 rings (SSSR count). The minimum absolute atomic E-state index is 0.206. The highest BCUT2D eigenvalue weighted by molar-refractivity contribution is 9.10. The molecule has 0 saturated carbocycles. The van der Waals surface area contributed by atoms with Crippen molar-refractivity contribution in [3.63, 3.8) is 0 Å². The average molecular weight is 316 g/mol. The molecule has 0 spiro atoms. The van der Waals surface area contributed by atoms with E-state index in [9.17, 15) is 0 Å². The Morgan fingerprint density at radius 2 is 1.78 bits per heavy atom. The van der Waals surface area contributed by atoms with E-state index in [0.29, 0.717) is 0 Å². The van der Waals surface area contributed by atoms with Crippen LogP contribution in [-0.4, -0.2) is 32.4 Å². The van der Waals surface area contributed by atoms with E-state index in [4.69, 9.17) is 9.84 Å². The molecule has 0 aliphatic carbocycles. The molecule has 18 heavy (non-hydrogen) atoms. The molecule has 0 amide bonds. The van der Waals surface area contributed by atoms with Gasteiger partial charge in [-0.3, -0.25) is 0 Å². The number of hydrogen-bond acceptors (Lipinski definition) is 3. The fourth-order valence-corrected chi connectivity index (χ4v) is 2.68. The summed E-state index contributed by atoms with van der Waals surface area (Å²) in [6.45, 7) is 7.26. The lowest BCUT2D eigenvalue weighted by Gasteiger charge is -2.26. The highest BCUT2D eigenvalue weighted by Crippen LogP contribution is 2.41. The Kier molecular flexibility index (Phi) is 5.47. The van der Waals surface area contributed by atoms with E-state index < -0.39 is 0 Å². The molecule has 0 aliphatic heterocycles. The minimum atomic E-state index is 0.206. The summed E-state index contributed by atoms with van der Waals surface area (Å²) in [6, 6.07) is 0. The average Bonchev–Trinajstić information content (AvgIpc) is 2.37. The van der Waals surface area contributed by atoms with E-state index in [-0.39, 0.29) is 6.61 Å². The standard InChI is InChI=1S/C14H22BrNO2/c1-9-10(2)14(18-5)13(11(3)12(9)15)16(4)7-6-8-17/h17H,6-8H2,1-5H3. The highest BCUT2D eigenvalue weighted by atomic mass is 79.9. The van der Waals surface area contributed by atoms with E-state index in [1.165, 1.54) is 11.1 Å². The normalized spacial score (nSPS) is 10.6. The lowest BCUT2D eigenvalue weighted by molar-refractivity contribution is 0.290. The van der Waals surface area contributed by atoms with Crippen molar-refractivity contribution >= 4 is 21.6 Å².